The standard InChI is InChI=1S/C53H36N4O2/c1-4-16-37(17-5-1)44-25-15-26-45(38-18-6-2-7-19-38)53(44)39-32-33-54-52(34-39)55-48-27-11-10-24-46(48)47-31-30-43(36-51(47)55)58-42-23-14-22-41(35-42)57-50-29-13-12-28-49(50)56(59-57)40-20-8-3-9-21-40/h1-36H. The molecule has 11 rings (SSSR count). The van der Waals surface area contributed by atoms with Crippen molar-refractivity contribution in [2.45, 2.75) is 0 Å². The third-order valence-corrected chi connectivity index (χ3v) is 10.9. The van der Waals surface area contributed by atoms with Crippen LogP contribution in [0.25, 0.3) is 61.0 Å². The molecule has 1 aliphatic heterocycles. The molecular formula is C53H36N4O2. The van der Waals surface area contributed by atoms with Gasteiger partial charge in [0.05, 0.1) is 33.8 Å². The summed E-state index contributed by atoms with van der Waals surface area (Å²) in [6, 6.07) is 73.2. The molecular weight excluding hydrogens is 725 g/mol. The Labute approximate surface area is 341 Å². The molecule has 0 unspecified atom stereocenters. The van der Waals surface area contributed by atoms with Crippen LogP contribution >= 0.6 is 0 Å². The summed E-state index contributed by atoms with van der Waals surface area (Å²) in [6.45, 7) is 0. The first-order valence-corrected chi connectivity index (χ1v) is 19.7. The molecule has 0 radical (unpaired) electrons. The summed E-state index contributed by atoms with van der Waals surface area (Å²) in [5.41, 5.74) is 12.7. The van der Waals surface area contributed by atoms with Crippen molar-refractivity contribution in [2.24, 2.45) is 0 Å². The molecule has 0 amide bonds. The molecule has 0 bridgehead atoms. The Balaban J connectivity index is 0.994. The van der Waals surface area contributed by atoms with Gasteiger partial charge in [0.1, 0.15) is 17.3 Å². The van der Waals surface area contributed by atoms with E-state index in [4.69, 9.17) is 14.7 Å². The van der Waals surface area contributed by atoms with Crippen molar-refractivity contribution in [3.8, 4) is 50.7 Å². The van der Waals surface area contributed by atoms with E-state index in [1.165, 1.54) is 11.1 Å². The zero-order valence-corrected chi connectivity index (χ0v) is 31.9. The SMILES string of the molecule is c1ccc(-c2cccc(-c3ccccc3)c2-c2ccnc(-n3c4ccccc4c4ccc(Oc5cccc(N6ON(c7ccccc7)c7ccccc76)c5)cc43)c2)cc1. The number of nitrogens with zero attached hydrogens (tertiary/aromatic N) is 4. The molecule has 59 heavy (non-hydrogen) atoms. The smallest absolute Gasteiger partial charge is 0.138 e. The van der Waals surface area contributed by atoms with Crippen molar-refractivity contribution in [1.82, 2.24) is 9.55 Å². The van der Waals surface area contributed by atoms with Crippen LogP contribution in [0, 0.1) is 0 Å². The van der Waals surface area contributed by atoms with E-state index < -0.39 is 0 Å². The average molecular weight is 761 g/mol. The van der Waals surface area contributed by atoms with Crippen molar-refractivity contribution in [1.29, 1.82) is 0 Å². The van der Waals surface area contributed by atoms with E-state index in [9.17, 15) is 0 Å². The highest BCUT2D eigenvalue weighted by molar-refractivity contribution is 6.09. The number of aromatic nitrogens is 2. The van der Waals surface area contributed by atoms with Gasteiger partial charge in [-0.25, -0.2) is 4.98 Å². The average Bonchev–Trinajstić information content (AvgIpc) is 3.86. The van der Waals surface area contributed by atoms with Gasteiger partial charge in [0, 0.05) is 29.1 Å². The Morgan fingerprint density at radius 1 is 0.407 bits per heavy atom. The molecule has 0 aliphatic carbocycles. The maximum Gasteiger partial charge on any atom is 0.138 e. The first-order valence-electron chi connectivity index (χ1n) is 19.7. The molecule has 6 heteroatoms. The van der Waals surface area contributed by atoms with Gasteiger partial charge < -0.3 is 4.74 Å². The minimum Gasteiger partial charge on any atom is -0.457 e. The van der Waals surface area contributed by atoms with E-state index in [0.29, 0.717) is 11.5 Å². The zero-order valence-electron chi connectivity index (χ0n) is 31.9. The van der Waals surface area contributed by atoms with E-state index in [2.05, 4.69) is 144 Å². The van der Waals surface area contributed by atoms with Crippen molar-refractivity contribution in [3.63, 3.8) is 0 Å². The van der Waals surface area contributed by atoms with Gasteiger partial charge in [-0.05, 0) is 100 Å². The summed E-state index contributed by atoms with van der Waals surface area (Å²) in [6.07, 6.45) is 1.92. The van der Waals surface area contributed by atoms with Gasteiger partial charge in [-0.2, -0.15) is 10.1 Å². The summed E-state index contributed by atoms with van der Waals surface area (Å²) >= 11 is 0. The summed E-state index contributed by atoms with van der Waals surface area (Å²) in [4.78, 5) is 11.5. The normalized spacial score (nSPS) is 12.3. The topological polar surface area (TPSA) is 42.8 Å². The van der Waals surface area contributed by atoms with Crippen molar-refractivity contribution in [3.05, 3.63) is 219 Å². The molecule has 0 N–H and O–H groups in total. The van der Waals surface area contributed by atoms with Gasteiger partial charge in [-0.1, -0.05) is 133 Å². The molecule has 10 aromatic rings. The fraction of sp³-hybridized carbons (Fsp3) is 0. The first kappa shape index (κ1) is 34.3. The number of rotatable bonds is 8. The fourth-order valence-electron chi connectivity index (χ4n) is 8.26. The molecule has 0 fully saturated rings. The Morgan fingerprint density at radius 2 is 0.983 bits per heavy atom. The van der Waals surface area contributed by atoms with E-state index in [0.717, 1.165) is 72.6 Å². The van der Waals surface area contributed by atoms with Crippen molar-refractivity contribution < 1.29 is 9.68 Å². The summed E-state index contributed by atoms with van der Waals surface area (Å²) in [5, 5.41) is 5.95. The Kier molecular flexibility index (Phi) is 8.46. The molecule has 0 atom stereocenters. The van der Waals surface area contributed by atoms with Crippen LogP contribution in [0.15, 0.2) is 219 Å². The maximum absolute atomic E-state index is 6.67. The van der Waals surface area contributed by atoms with Crippen LogP contribution in [0.4, 0.5) is 22.7 Å². The molecule has 0 saturated heterocycles. The number of pyridine rings is 1. The van der Waals surface area contributed by atoms with Gasteiger partial charge in [-0.3, -0.25) is 4.57 Å². The molecule has 6 nitrogen and oxygen atoms in total. The third kappa shape index (κ3) is 6.16. The molecule has 1 aliphatic rings. The highest BCUT2D eigenvalue weighted by atomic mass is 16.8. The number of fused-ring (bicyclic) bond motifs is 4. The molecule has 280 valence electrons. The lowest BCUT2D eigenvalue weighted by Gasteiger charge is -2.20. The number of para-hydroxylation sites is 4. The molecule has 0 saturated carbocycles. The van der Waals surface area contributed by atoms with Crippen LogP contribution in [0.1, 0.15) is 0 Å². The molecule has 3 heterocycles. The van der Waals surface area contributed by atoms with Crippen LogP contribution in [0.5, 0.6) is 11.5 Å². The quantitative estimate of drug-likeness (QED) is 0.154. The third-order valence-electron chi connectivity index (χ3n) is 10.9. The predicted octanol–water partition coefficient (Wildman–Crippen LogP) is 14.1. The van der Waals surface area contributed by atoms with Gasteiger partial charge in [0.2, 0.25) is 0 Å². The summed E-state index contributed by atoms with van der Waals surface area (Å²) in [7, 11) is 0. The summed E-state index contributed by atoms with van der Waals surface area (Å²) in [5.74, 6) is 2.22. The fourth-order valence-corrected chi connectivity index (χ4v) is 8.26. The van der Waals surface area contributed by atoms with Crippen LogP contribution in [-0.4, -0.2) is 9.55 Å². The van der Waals surface area contributed by atoms with Crippen LogP contribution in [0.3, 0.4) is 0 Å². The second-order valence-electron chi connectivity index (χ2n) is 14.5. The minimum atomic E-state index is 0.690. The lowest BCUT2D eigenvalue weighted by molar-refractivity contribution is 0.156. The number of hydrogen-bond donors (Lipinski definition) is 0. The van der Waals surface area contributed by atoms with Gasteiger partial charge in [0.15, 0.2) is 0 Å². The second-order valence-corrected chi connectivity index (χ2v) is 14.5. The first-order chi connectivity index (χ1) is 29.3. The Hall–Kier alpha value is -7.93. The molecule has 0 spiro atoms. The highest BCUT2D eigenvalue weighted by Gasteiger charge is 2.30. The van der Waals surface area contributed by atoms with E-state index in [1.54, 1.807) is 0 Å². The predicted molar refractivity (Wildman–Crippen MR) is 240 cm³/mol. The number of benzene rings is 8. The number of hydrogen-bond acceptors (Lipinski definition) is 5. The number of ether oxygens (including phenoxy) is 1. The van der Waals surface area contributed by atoms with E-state index >= 15 is 0 Å². The molecule has 2 aromatic heterocycles. The van der Waals surface area contributed by atoms with E-state index in [-0.39, 0.29) is 0 Å². The molecule has 8 aromatic carbocycles. The van der Waals surface area contributed by atoms with Crippen LogP contribution < -0.4 is 14.9 Å². The van der Waals surface area contributed by atoms with Crippen LogP contribution in [-0.2, 0) is 4.94 Å². The monoisotopic (exact) mass is 760 g/mol. The van der Waals surface area contributed by atoms with Crippen molar-refractivity contribution in [2.75, 3.05) is 10.1 Å². The summed E-state index contributed by atoms with van der Waals surface area (Å²) < 4.78 is 8.91. The van der Waals surface area contributed by atoms with Crippen LogP contribution in [0.2, 0.25) is 0 Å². The largest absolute Gasteiger partial charge is 0.457 e. The van der Waals surface area contributed by atoms with Gasteiger partial charge >= 0.3 is 0 Å². The van der Waals surface area contributed by atoms with Gasteiger partial charge in [0.25, 0.3) is 0 Å². The minimum absolute atomic E-state index is 0.690. The van der Waals surface area contributed by atoms with Gasteiger partial charge in [-0.15, -0.1) is 4.94 Å². The van der Waals surface area contributed by atoms with Crippen molar-refractivity contribution >= 4 is 44.6 Å². The van der Waals surface area contributed by atoms with E-state index in [1.807, 2.05) is 89.1 Å². The zero-order chi connectivity index (χ0) is 39.1. The second kappa shape index (κ2) is 14.5. The Bertz CT molecular complexity index is 3070. The lowest BCUT2D eigenvalue weighted by Crippen LogP contribution is -2.20. The highest BCUT2D eigenvalue weighted by Crippen LogP contribution is 2.46. The Morgan fingerprint density at radius 3 is 1.71 bits per heavy atom. The lowest BCUT2D eigenvalue weighted by atomic mass is 9.88. The number of anilines is 4. The maximum atomic E-state index is 6.67.